The molecule has 6 nitrogen and oxygen atoms in total. The second-order valence-corrected chi connectivity index (χ2v) is 5.10. The summed E-state index contributed by atoms with van der Waals surface area (Å²) in [6.07, 6.45) is 2.76. The number of aliphatic carboxylic acids is 1. The molecule has 0 bridgehead atoms. The molecule has 0 aliphatic carbocycles. The molecule has 3 atom stereocenters. The van der Waals surface area contributed by atoms with Gasteiger partial charge in [-0.2, -0.15) is 0 Å². The summed E-state index contributed by atoms with van der Waals surface area (Å²) in [4.78, 5) is 28.6. The molecule has 0 unspecified atom stereocenters. The number of fused-ring (bicyclic) bond motifs is 1. The van der Waals surface area contributed by atoms with Gasteiger partial charge in [0.1, 0.15) is 0 Å². The summed E-state index contributed by atoms with van der Waals surface area (Å²) in [7, 11) is 0. The van der Waals surface area contributed by atoms with Crippen LogP contribution in [0.5, 0.6) is 0 Å². The van der Waals surface area contributed by atoms with Crippen molar-refractivity contribution >= 4 is 17.4 Å². The maximum atomic E-state index is 12.0. The van der Waals surface area contributed by atoms with Crippen molar-refractivity contribution in [3.05, 3.63) is 35.8 Å². The molecule has 1 aromatic rings. The summed E-state index contributed by atoms with van der Waals surface area (Å²) in [6.45, 7) is 1.54. The molecule has 1 fully saturated rings. The summed E-state index contributed by atoms with van der Waals surface area (Å²) in [6, 6.07) is 3.16. The Hall–Kier alpha value is -0.574. The Labute approximate surface area is 164 Å². The first-order valence-corrected chi connectivity index (χ1v) is 6.38. The van der Waals surface area contributed by atoms with E-state index in [0.29, 0.717) is 17.6 Å². The van der Waals surface area contributed by atoms with Crippen LogP contribution in [0.15, 0.2) is 30.2 Å². The van der Waals surface area contributed by atoms with E-state index in [9.17, 15) is 19.8 Å². The molecule has 0 spiro atoms. The van der Waals surface area contributed by atoms with Crippen molar-refractivity contribution in [1.82, 2.24) is 9.88 Å². The van der Waals surface area contributed by atoms with Crippen LogP contribution in [0.4, 0.5) is 0 Å². The van der Waals surface area contributed by atoms with Gasteiger partial charge < -0.3 is 19.9 Å². The van der Waals surface area contributed by atoms with Gasteiger partial charge in [-0.15, -0.1) is 0 Å². The molecule has 21 heavy (non-hydrogen) atoms. The standard InChI is InChI=1S/C14H14N2O4.K/c1-7(17)11-10-5-9(8-3-2-4-15-6-8)12(14(19)20)16(10)13(11)18;/h2-4,6-7,10-11,17H,5H2,1H3,(H,19,20);/q;+1/p-1/t7-,10-,11-;/m1./s1. The molecule has 2 aliphatic heterocycles. The Morgan fingerprint density at radius 1 is 1.57 bits per heavy atom. The molecule has 3 rings (SSSR count). The van der Waals surface area contributed by atoms with E-state index in [1.165, 1.54) is 4.90 Å². The largest absolute Gasteiger partial charge is 1.00 e. The number of aliphatic hydroxyl groups is 1. The van der Waals surface area contributed by atoms with Gasteiger partial charge in [0.05, 0.1) is 29.7 Å². The number of aliphatic hydroxyl groups excluding tert-OH is 1. The van der Waals surface area contributed by atoms with Crippen molar-refractivity contribution in [3.63, 3.8) is 0 Å². The molecule has 3 heterocycles. The summed E-state index contributed by atoms with van der Waals surface area (Å²) < 4.78 is 0. The van der Waals surface area contributed by atoms with E-state index in [-0.39, 0.29) is 69.0 Å². The van der Waals surface area contributed by atoms with Gasteiger partial charge in [0.25, 0.3) is 0 Å². The number of hydrogen-bond donors (Lipinski definition) is 1. The molecule has 1 N–H and O–H groups in total. The minimum Gasteiger partial charge on any atom is -0.543 e. The minimum atomic E-state index is -1.37. The second-order valence-electron chi connectivity index (χ2n) is 5.10. The predicted octanol–water partition coefficient (Wildman–Crippen LogP) is -3.84. The van der Waals surface area contributed by atoms with Gasteiger partial charge in [-0.1, -0.05) is 6.07 Å². The zero-order valence-corrected chi connectivity index (χ0v) is 14.9. The third-order valence-corrected chi connectivity index (χ3v) is 3.93. The number of carboxylic acid groups (broad SMARTS) is 1. The molecule has 0 radical (unpaired) electrons. The van der Waals surface area contributed by atoms with E-state index in [1.54, 1.807) is 31.5 Å². The summed E-state index contributed by atoms with van der Waals surface area (Å²) in [5, 5.41) is 21.0. The number of aromatic nitrogens is 1. The number of hydrogen-bond acceptors (Lipinski definition) is 5. The summed E-state index contributed by atoms with van der Waals surface area (Å²) in [5.41, 5.74) is 1.11. The Balaban J connectivity index is 0.00000161. The Morgan fingerprint density at radius 2 is 2.29 bits per heavy atom. The fourth-order valence-electron chi connectivity index (χ4n) is 3.06. The van der Waals surface area contributed by atoms with Gasteiger partial charge in [0.15, 0.2) is 0 Å². The average Bonchev–Trinajstić information content (AvgIpc) is 2.74. The number of carbonyl (C=O) groups excluding carboxylic acids is 2. The van der Waals surface area contributed by atoms with Crippen molar-refractivity contribution in [2.75, 3.05) is 0 Å². The molecular formula is C14H13KN2O4. The van der Waals surface area contributed by atoms with Crippen molar-refractivity contribution in [1.29, 1.82) is 0 Å². The second kappa shape index (κ2) is 6.27. The maximum Gasteiger partial charge on any atom is 1.00 e. The number of β-lactam (4-membered cyclic amide) rings is 1. The molecule has 1 amide bonds. The number of amides is 1. The molecule has 0 aromatic carbocycles. The average molecular weight is 312 g/mol. The molecule has 2 aliphatic rings. The molecular weight excluding hydrogens is 299 g/mol. The number of rotatable bonds is 3. The van der Waals surface area contributed by atoms with E-state index in [4.69, 9.17) is 0 Å². The van der Waals surface area contributed by atoms with Crippen LogP contribution in [-0.4, -0.2) is 39.0 Å². The van der Waals surface area contributed by atoms with E-state index in [1.807, 2.05) is 0 Å². The van der Waals surface area contributed by atoms with E-state index in [2.05, 4.69) is 4.98 Å². The van der Waals surface area contributed by atoms with Crippen LogP contribution < -0.4 is 56.5 Å². The summed E-state index contributed by atoms with van der Waals surface area (Å²) >= 11 is 0. The first-order valence-electron chi connectivity index (χ1n) is 6.38. The van der Waals surface area contributed by atoms with Crippen LogP contribution in [0.1, 0.15) is 18.9 Å². The van der Waals surface area contributed by atoms with E-state index < -0.39 is 18.0 Å². The van der Waals surface area contributed by atoms with Crippen LogP contribution in [0, 0.1) is 5.92 Å². The minimum absolute atomic E-state index is 0. The normalized spacial score (nSPS) is 25.0. The Kier molecular flexibility index (Phi) is 5.02. The zero-order chi connectivity index (χ0) is 14.4. The SMILES string of the molecule is C[C@@H](O)[C@H]1C(=O)N2C(C(=O)[O-])=C(c3cccnc3)C[C@H]12.[K+]. The number of nitrogens with zero attached hydrogens (tertiary/aromatic N) is 2. The third-order valence-electron chi connectivity index (χ3n) is 3.93. The monoisotopic (exact) mass is 312 g/mol. The van der Waals surface area contributed by atoms with Crippen molar-refractivity contribution < 1.29 is 71.2 Å². The van der Waals surface area contributed by atoms with Gasteiger partial charge in [-0.3, -0.25) is 9.78 Å². The first-order chi connectivity index (χ1) is 9.52. The van der Waals surface area contributed by atoms with Crippen LogP contribution in [0.2, 0.25) is 0 Å². The van der Waals surface area contributed by atoms with Crippen molar-refractivity contribution in [3.8, 4) is 0 Å². The molecule has 104 valence electrons. The number of pyridine rings is 1. The fourth-order valence-corrected chi connectivity index (χ4v) is 3.06. The molecule has 1 saturated heterocycles. The third kappa shape index (κ3) is 2.62. The maximum absolute atomic E-state index is 12.0. The van der Waals surface area contributed by atoms with Gasteiger partial charge in [0.2, 0.25) is 5.91 Å². The molecule has 1 aromatic heterocycles. The van der Waals surface area contributed by atoms with E-state index >= 15 is 0 Å². The smallest absolute Gasteiger partial charge is 0.543 e. The van der Waals surface area contributed by atoms with Crippen molar-refractivity contribution in [2.45, 2.75) is 25.5 Å². The predicted molar refractivity (Wildman–Crippen MR) is 66.6 cm³/mol. The van der Waals surface area contributed by atoms with Crippen LogP contribution in [0.3, 0.4) is 0 Å². The van der Waals surface area contributed by atoms with Gasteiger partial charge >= 0.3 is 51.4 Å². The number of carboxylic acids is 1. The number of carbonyl (C=O) groups is 2. The van der Waals surface area contributed by atoms with Crippen LogP contribution in [0.25, 0.3) is 5.57 Å². The molecule has 7 heteroatoms. The quantitative estimate of drug-likeness (QED) is 0.456. The van der Waals surface area contributed by atoms with Crippen molar-refractivity contribution in [2.24, 2.45) is 5.92 Å². The zero-order valence-electron chi connectivity index (χ0n) is 11.8. The van der Waals surface area contributed by atoms with Gasteiger partial charge in [0, 0.05) is 12.4 Å². The van der Waals surface area contributed by atoms with Crippen LogP contribution in [-0.2, 0) is 9.59 Å². The van der Waals surface area contributed by atoms with Crippen LogP contribution >= 0.6 is 0 Å². The summed E-state index contributed by atoms with van der Waals surface area (Å²) in [5.74, 6) is -2.27. The van der Waals surface area contributed by atoms with E-state index in [0.717, 1.165) is 0 Å². The van der Waals surface area contributed by atoms with Gasteiger partial charge in [-0.05, 0) is 30.5 Å². The first kappa shape index (κ1) is 16.8. The Morgan fingerprint density at radius 3 is 2.81 bits per heavy atom. The topological polar surface area (TPSA) is 93.6 Å². The van der Waals surface area contributed by atoms with Gasteiger partial charge in [-0.25, -0.2) is 0 Å². The Bertz CT molecular complexity index is 615. The fraction of sp³-hybridized carbons (Fsp3) is 0.357. The molecule has 0 saturated carbocycles.